The van der Waals surface area contributed by atoms with Crippen LogP contribution in [-0.4, -0.2) is 21.4 Å². The number of nitrogens with one attached hydrogen (secondary N) is 2. The van der Waals surface area contributed by atoms with Gasteiger partial charge in [0.1, 0.15) is 10.6 Å². The number of rotatable bonds is 8. The first kappa shape index (κ1) is 21.2. The first-order valence-corrected chi connectivity index (χ1v) is 11.4. The summed E-state index contributed by atoms with van der Waals surface area (Å²) in [5.74, 6) is -0.0272. The highest BCUT2D eigenvalue weighted by molar-refractivity contribution is 7.92. The second-order valence-electron chi connectivity index (χ2n) is 6.11. The second kappa shape index (κ2) is 9.30. The molecule has 0 radical (unpaired) electrons. The number of halogens is 1. The van der Waals surface area contributed by atoms with Crippen molar-refractivity contribution in [2.24, 2.45) is 0 Å². The molecule has 1 aromatic heterocycles. The molecule has 3 aromatic rings. The molecule has 0 saturated heterocycles. The monoisotopic (exact) mass is 450 g/mol. The third-order valence-corrected chi connectivity index (χ3v) is 6.60. The van der Waals surface area contributed by atoms with Gasteiger partial charge in [0.15, 0.2) is 0 Å². The van der Waals surface area contributed by atoms with Crippen LogP contribution in [-0.2, 0) is 21.2 Å². The largest absolute Gasteiger partial charge is 0.495 e. The molecule has 1 heterocycles. The van der Waals surface area contributed by atoms with Gasteiger partial charge in [0.05, 0.1) is 7.11 Å². The van der Waals surface area contributed by atoms with Crippen molar-refractivity contribution in [2.45, 2.75) is 17.7 Å². The number of ether oxygens (including phenoxy) is 1. The number of carbonyl (C=O) groups is 1. The Morgan fingerprint density at radius 3 is 2.48 bits per heavy atom. The van der Waals surface area contributed by atoms with E-state index in [1.165, 1.54) is 19.2 Å². The summed E-state index contributed by atoms with van der Waals surface area (Å²) in [6.45, 7) is 0. The zero-order chi connectivity index (χ0) is 20.9. The van der Waals surface area contributed by atoms with E-state index in [1.807, 2.05) is 17.5 Å². The smallest absolute Gasteiger partial charge is 0.265 e. The number of benzene rings is 2. The average molecular weight is 451 g/mol. The number of hydrogen-bond acceptors (Lipinski definition) is 5. The van der Waals surface area contributed by atoms with Gasteiger partial charge in [-0.3, -0.25) is 9.52 Å². The maximum atomic E-state index is 12.8. The molecule has 6 nitrogen and oxygen atoms in total. The molecule has 0 aliphatic rings. The van der Waals surface area contributed by atoms with Gasteiger partial charge >= 0.3 is 0 Å². The highest BCUT2D eigenvalue weighted by Gasteiger charge is 2.21. The highest BCUT2D eigenvalue weighted by Crippen LogP contribution is 2.29. The standard InChI is InChI=1S/C20H19ClN2O4S2/c1-27-18-10-8-16(22-20(24)11-9-17-3-2-12-28-17)13-19(18)29(25,26)23-15-6-4-14(21)5-7-15/h2-8,10,12-13,23H,9,11H2,1H3,(H,22,24). The van der Waals surface area contributed by atoms with E-state index in [-0.39, 0.29) is 16.6 Å². The van der Waals surface area contributed by atoms with Gasteiger partial charge in [0, 0.05) is 27.7 Å². The molecule has 0 spiro atoms. The minimum atomic E-state index is -3.94. The average Bonchev–Trinajstić information content (AvgIpc) is 3.22. The summed E-state index contributed by atoms with van der Waals surface area (Å²) in [4.78, 5) is 13.3. The second-order valence-corrected chi connectivity index (χ2v) is 9.23. The summed E-state index contributed by atoms with van der Waals surface area (Å²) in [5, 5.41) is 5.20. The number of sulfonamides is 1. The Labute approximate surface area is 178 Å². The third kappa shape index (κ3) is 5.72. The number of thiophene rings is 1. The molecule has 0 aliphatic heterocycles. The van der Waals surface area contributed by atoms with Crippen molar-refractivity contribution in [1.29, 1.82) is 0 Å². The van der Waals surface area contributed by atoms with E-state index in [0.29, 0.717) is 29.2 Å². The van der Waals surface area contributed by atoms with E-state index in [1.54, 1.807) is 41.7 Å². The normalized spacial score (nSPS) is 11.1. The summed E-state index contributed by atoms with van der Waals surface area (Å²) in [5.41, 5.74) is 0.736. The Balaban J connectivity index is 1.76. The molecule has 2 aromatic carbocycles. The van der Waals surface area contributed by atoms with Crippen LogP contribution >= 0.6 is 22.9 Å². The fraction of sp³-hybridized carbons (Fsp3) is 0.150. The molecule has 0 saturated carbocycles. The van der Waals surface area contributed by atoms with Crippen LogP contribution in [0.5, 0.6) is 5.75 Å². The van der Waals surface area contributed by atoms with Crippen molar-refractivity contribution in [2.75, 3.05) is 17.1 Å². The molecule has 2 N–H and O–H groups in total. The van der Waals surface area contributed by atoms with Gasteiger partial charge in [-0.25, -0.2) is 8.42 Å². The SMILES string of the molecule is COc1ccc(NC(=O)CCc2cccs2)cc1S(=O)(=O)Nc1ccc(Cl)cc1. The van der Waals surface area contributed by atoms with Crippen LogP contribution in [0.2, 0.25) is 5.02 Å². The van der Waals surface area contributed by atoms with E-state index in [2.05, 4.69) is 10.0 Å². The van der Waals surface area contributed by atoms with E-state index in [0.717, 1.165) is 4.88 Å². The van der Waals surface area contributed by atoms with Crippen molar-refractivity contribution < 1.29 is 17.9 Å². The Morgan fingerprint density at radius 2 is 1.83 bits per heavy atom. The van der Waals surface area contributed by atoms with Gasteiger partial charge in [0.25, 0.3) is 10.0 Å². The highest BCUT2D eigenvalue weighted by atomic mass is 35.5. The summed E-state index contributed by atoms with van der Waals surface area (Å²) in [6, 6.07) is 14.7. The van der Waals surface area contributed by atoms with E-state index in [9.17, 15) is 13.2 Å². The zero-order valence-electron chi connectivity index (χ0n) is 15.5. The molecule has 152 valence electrons. The molecule has 9 heteroatoms. The van der Waals surface area contributed by atoms with Crippen molar-refractivity contribution in [1.82, 2.24) is 0 Å². The van der Waals surface area contributed by atoms with Gasteiger partial charge in [0.2, 0.25) is 5.91 Å². The summed E-state index contributed by atoms with van der Waals surface area (Å²) >= 11 is 7.43. The number of hydrogen-bond donors (Lipinski definition) is 2. The fourth-order valence-electron chi connectivity index (χ4n) is 2.61. The van der Waals surface area contributed by atoms with Crippen LogP contribution in [0.4, 0.5) is 11.4 Å². The first-order valence-electron chi connectivity index (χ1n) is 8.66. The van der Waals surface area contributed by atoms with Crippen LogP contribution in [0.25, 0.3) is 0 Å². The number of amides is 1. The Morgan fingerprint density at radius 1 is 1.10 bits per heavy atom. The fourth-order valence-corrected chi connectivity index (χ4v) is 4.70. The molecular formula is C20H19ClN2O4S2. The lowest BCUT2D eigenvalue weighted by Crippen LogP contribution is -2.16. The maximum absolute atomic E-state index is 12.8. The molecule has 3 rings (SSSR count). The molecule has 0 unspecified atom stereocenters. The molecule has 0 atom stereocenters. The van der Waals surface area contributed by atoms with Crippen LogP contribution in [0, 0.1) is 0 Å². The molecular weight excluding hydrogens is 432 g/mol. The van der Waals surface area contributed by atoms with Crippen LogP contribution < -0.4 is 14.8 Å². The zero-order valence-corrected chi connectivity index (χ0v) is 17.9. The van der Waals surface area contributed by atoms with Gasteiger partial charge in [-0.1, -0.05) is 17.7 Å². The summed E-state index contributed by atoms with van der Waals surface area (Å²) in [6.07, 6.45) is 0.931. The van der Waals surface area contributed by atoms with Crippen molar-refractivity contribution >= 4 is 50.2 Å². The Bertz CT molecular complexity index is 1080. The quantitative estimate of drug-likeness (QED) is 0.517. The minimum absolute atomic E-state index is 0.0778. The number of methoxy groups -OCH3 is 1. The van der Waals surface area contributed by atoms with E-state index < -0.39 is 10.0 Å². The van der Waals surface area contributed by atoms with Gasteiger partial charge in [-0.05, 0) is 60.3 Å². The molecule has 0 aliphatic carbocycles. The molecule has 1 amide bonds. The first-order chi connectivity index (χ1) is 13.9. The summed E-state index contributed by atoms with van der Waals surface area (Å²) in [7, 11) is -2.56. The maximum Gasteiger partial charge on any atom is 0.265 e. The van der Waals surface area contributed by atoms with Crippen molar-refractivity contribution in [3.63, 3.8) is 0 Å². The topological polar surface area (TPSA) is 84.5 Å². The predicted octanol–water partition coefficient (Wildman–Crippen LogP) is 4.78. The van der Waals surface area contributed by atoms with Crippen LogP contribution in [0.1, 0.15) is 11.3 Å². The Hall–Kier alpha value is -2.55. The van der Waals surface area contributed by atoms with Gasteiger partial charge in [-0.15, -0.1) is 11.3 Å². The molecule has 0 bridgehead atoms. The van der Waals surface area contributed by atoms with Gasteiger partial charge in [-0.2, -0.15) is 0 Å². The van der Waals surface area contributed by atoms with Crippen molar-refractivity contribution in [3.8, 4) is 5.75 Å². The number of aryl methyl sites for hydroxylation is 1. The lowest BCUT2D eigenvalue weighted by atomic mass is 10.2. The molecule has 0 fully saturated rings. The van der Waals surface area contributed by atoms with Crippen molar-refractivity contribution in [3.05, 3.63) is 69.9 Å². The van der Waals surface area contributed by atoms with Crippen LogP contribution in [0.15, 0.2) is 64.9 Å². The lowest BCUT2D eigenvalue weighted by molar-refractivity contribution is -0.116. The minimum Gasteiger partial charge on any atom is -0.495 e. The van der Waals surface area contributed by atoms with Gasteiger partial charge < -0.3 is 10.1 Å². The van der Waals surface area contributed by atoms with Crippen LogP contribution in [0.3, 0.4) is 0 Å². The predicted molar refractivity (Wildman–Crippen MR) is 117 cm³/mol. The Kier molecular flexibility index (Phi) is 6.79. The third-order valence-electron chi connectivity index (χ3n) is 4.01. The molecule has 29 heavy (non-hydrogen) atoms. The van der Waals surface area contributed by atoms with E-state index in [4.69, 9.17) is 16.3 Å². The number of carbonyl (C=O) groups excluding carboxylic acids is 1. The lowest BCUT2D eigenvalue weighted by Gasteiger charge is -2.14. The number of anilines is 2. The summed E-state index contributed by atoms with van der Waals surface area (Å²) < 4.78 is 33.4. The van der Waals surface area contributed by atoms with E-state index >= 15 is 0 Å².